The number of aromatic nitrogens is 3. The van der Waals surface area contributed by atoms with Crippen LogP contribution in [0.1, 0.15) is 11.3 Å². The van der Waals surface area contributed by atoms with Crippen LogP contribution < -0.4 is 14.8 Å². The summed E-state index contributed by atoms with van der Waals surface area (Å²) in [4.78, 5) is 23.9. The zero-order chi connectivity index (χ0) is 17.1. The third kappa shape index (κ3) is 3.01. The van der Waals surface area contributed by atoms with Crippen molar-refractivity contribution in [3.8, 4) is 11.9 Å². The van der Waals surface area contributed by atoms with Crippen molar-refractivity contribution in [2.45, 2.75) is 13.3 Å². The van der Waals surface area contributed by atoms with Gasteiger partial charge in [-0.05, 0) is 13.0 Å². The molecule has 2 heterocycles. The highest BCUT2D eigenvalue weighted by Gasteiger charge is 2.17. The first-order valence-electron chi connectivity index (χ1n) is 7.44. The number of benzene rings is 1. The fourth-order valence-electron chi connectivity index (χ4n) is 2.54. The Morgan fingerprint density at radius 2 is 2.00 bits per heavy atom. The van der Waals surface area contributed by atoms with Crippen molar-refractivity contribution in [1.82, 2.24) is 15.0 Å². The van der Waals surface area contributed by atoms with Gasteiger partial charge in [-0.3, -0.25) is 4.79 Å². The number of fused-ring (bicyclic) bond motifs is 1. The lowest BCUT2D eigenvalue weighted by Crippen LogP contribution is -2.16. The molecule has 0 aliphatic carbocycles. The van der Waals surface area contributed by atoms with Crippen LogP contribution in [0.2, 0.25) is 0 Å². The maximum atomic E-state index is 12.4. The summed E-state index contributed by atoms with van der Waals surface area (Å²) in [5.41, 5.74) is 2.99. The molecule has 0 saturated carbocycles. The number of H-pyrrole nitrogens is 1. The van der Waals surface area contributed by atoms with E-state index >= 15 is 0 Å². The molecule has 0 fully saturated rings. The predicted molar refractivity (Wildman–Crippen MR) is 90.5 cm³/mol. The highest BCUT2D eigenvalue weighted by atomic mass is 16.5. The van der Waals surface area contributed by atoms with Crippen LogP contribution in [0.25, 0.3) is 10.9 Å². The molecule has 2 aromatic heterocycles. The molecular weight excluding hydrogens is 308 g/mol. The van der Waals surface area contributed by atoms with Gasteiger partial charge in [-0.15, -0.1) is 0 Å². The average Bonchev–Trinajstić information content (AvgIpc) is 2.99. The van der Waals surface area contributed by atoms with Crippen LogP contribution in [0.4, 0.5) is 5.69 Å². The Kier molecular flexibility index (Phi) is 4.33. The van der Waals surface area contributed by atoms with Crippen molar-refractivity contribution >= 4 is 22.5 Å². The third-order valence-corrected chi connectivity index (χ3v) is 3.73. The molecule has 0 saturated heterocycles. The number of anilines is 1. The van der Waals surface area contributed by atoms with Gasteiger partial charge in [0.25, 0.3) is 0 Å². The molecule has 3 aromatic rings. The van der Waals surface area contributed by atoms with Crippen molar-refractivity contribution in [2.24, 2.45) is 0 Å². The molecule has 1 amide bonds. The fourth-order valence-corrected chi connectivity index (χ4v) is 2.54. The first-order valence-corrected chi connectivity index (χ1v) is 7.44. The maximum Gasteiger partial charge on any atom is 0.319 e. The number of rotatable bonds is 5. The van der Waals surface area contributed by atoms with Gasteiger partial charge < -0.3 is 19.8 Å². The van der Waals surface area contributed by atoms with E-state index < -0.39 is 0 Å². The van der Waals surface area contributed by atoms with Crippen molar-refractivity contribution in [1.29, 1.82) is 0 Å². The molecular formula is C17H18N4O3. The minimum Gasteiger partial charge on any atom is -0.481 e. The van der Waals surface area contributed by atoms with Crippen LogP contribution in [0, 0.1) is 6.92 Å². The number of amides is 1. The van der Waals surface area contributed by atoms with Crippen molar-refractivity contribution in [2.75, 3.05) is 19.5 Å². The topological polar surface area (TPSA) is 89.1 Å². The Bertz CT molecular complexity index is 889. The normalized spacial score (nSPS) is 10.6. The van der Waals surface area contributed by atoms with Crippen molar-refractivity contribution in [3.05, 3.63) is 41.7 Å². The largest absolute Gasteiger partial charge is 0.481 e. The Balaban J connectivity index is 1.82. The molecule has 0 unspecified atom stereocenters. The molecule has 24 heavy (non-hydrogen) atoms. The summed E-state index contributed by atoms with van der Waals surface area (Å²) < 4.78 is 10.3. The molecule has 2 N–H and O–H groups in total. The molecule has 1 aromatic carbocycles. The lowest BCUT2D eigenvalue weighted by atomic mass is 10.1. The summed E-state index contributed by atoms with van der Waals surface area (Å²) in [5, 5.41) is 3.87. The van der Waals surface area contributed by atoms with Gasteiger partial charge in [-0.1, -0.05) is 18.2 Å². The maximum absolute atomic E-state index is 12.4. The van der Waals surface area contributed by atoms with Crippen LogP contribution in [0.5, 0.6) is 11.9 Å². The van der Waals surface area contributed by atoms with E-state index in [2.05, 4.69) is 20.3 Å². The summed E-state index contributed by atoms with van der Waals surface area (Å²) in [5.74, 6) is 0.170. The zero-order valence-electron chi connectivity index (χ0n) is 13.7. The summed E-state index contributed by atoms with van der Waals surface area (Å²) >= 11 is 0. The molecule has 7 nitrogen and oxygen atoms in total. The van der Waals surface area contributed by atoms with E-state index in [1.54, 1.807) is 13.1 Å². The number of hydrogen-bond acceptors (Lipinski definition) is 5. The molecule has 124 valence electrons. The van der Waals surface area contributed by atoms with Gasteiger partial charge in [-0.25, -0.2) is 4.98 Å². The van der Waals surface area contributed by atoms with Gasteiger partial charge in [0.1, 0.15) is 0 Å². The number of nitrogens with zero attached hydrogens (tertiary/aromatic N) is 2. The first-order chi connectivity index (χ1) is 11.6. The predicted octanol–water partition coefficient (Wildman–Crippen LogP) is 2.46. The van der Waals surface area contributed by atoms with Crippen LogP contribution in [0.3, 0.4) is 0 Å². The smallest absolute Gasteiger partial charge is 0.319 e. The standard InChI is InChI=1S/C17H18N4O3/c1-10-12(16(23-2)21-17(19-10)24-3)8-15(22)20-14-9-18-13-7-5-4-6-11(13)14/h4-7,9,18H,8H2,1-3H3,(H,20,22). The molecule has 0 radical (unpaired) electrons. The number of aromatic amines is 1. The van der Waals surface area contributed by atoms with E-state index in [-0.39, 0.29) is 18.3 Å². The second-order valence-corrected chi connectivity index (χ2v) is 5.26. The molecule has 0 spiro atoms. The second kappa shape index (κ2) is 6.57. The summed E-state index contributed by atoms with van der Waals surface area (Å²) in [6.07, 6.45) is 1.88. The Morgan fingerprint density at radius 3 is 2.75 bits per heavy atom. The Labute approximate surface area is 139 Å². The highest BCUT2D eigenvalue weighted by molar-refractivity contribution is 6.02. The van der Waals surface area contributed by atoms with E-state index in [0.717, 1.165) is 16.6 Å². The lowest BCUT2D eigenvalue weighted by molar-refractivity contribution is -0.115. The molecule has 3 rings (SSSR count). The third-order valence-electron chi connectivity index (χ3n) is 3.73. The number of aryl methyl sites for hydroxylation is 1. The van der Waals surface area contributed by atoms with Gasteiger partial charge >= 0.3 is 6.01 Å². The van der Waals surface area contributed by atoms with Crippen molar-refractivity contribution < 1.29 is 14.3 Å². The van der Waals surface area contributed by atoms with Gasteiger partial charge in [0.15, 0.2) is 0 Å². The fraction of sp³-hybridized carbons (Fsp3) is 0.235. The van der Waals surface area contributed by atoms with Gasteiger partial charge in [-0.2, -0.15) is 4.98 Å². The zero-order valence-corrected chi connectivity index (χ0v) is 13.7. The van der Waals surface area contributed by atoms with E-state index in [4.69, 9.17) is 9.47 Å². The van der Waals surface area contributed by atoms with Gasteiger partial charge in [0, 0.05) is 22.7 Å². The van der Waals surface area contributed by atoms with E-state index in [0.29, 0.717) is 17.1 Å². The number of nitrogens with one attached hydrogen (secondary N) is 2. The molecule has 0 aliphatic rings. The van der Waals surface area contributed by atoms with Crippen LogP contribution in [-0.2, 0) is 11.2 Å². The van der Waals surface area contributed by atoms with Gasteiger partial charge in [0.2, 0.25) is 11.8 Å². The second-order valence-electron chi connectivity index (χ2n) is 5.26. The molecule has 0 atom stereocenters. The number of carbonyl (C=O) groups is 1. The quantitative estimate of drug-likeness (QED) is 0.752. The number of ether oxygens (including phenoxy) is 2. The molecule has 0 aliphatic heterocycles. The number of carbonyl (C=O) groups excluding carboxylic acids is 1. The number of methoxy groups -OCH3 is 2. The monoisotopic (exact) mass is 326 g/mol. The Morgan fingerprint density at radius 1 is 1.21 bits per heavy atom. The molecule has 7 heteroatoms. The van der Waals surface area contributed by atoms with Crippen LogP contribution >= 0.6 is 0 Å². The number of para-hydroxylation sites is 1. The lowest BCUT2D eigenvalue weighted by Gasteiger charge is -2.11. The summed E-state index contributed by atoms with van der Waals surface area (Å²) in [6, 6.07) is 7.98. The minimum atomic E-state index is -0.171. The number of hydrogen-bond donors (Lipinski definition) is 2. The first kappa shape index (κ1) is 15.8. The van der Waals surface area contributed by atoms with Crippen molar-refractivity contribution in [3.63, 3.8) is 0 Å². The summed E-state index contributed by atoms with van der Waals surface area (Å²) in [6.45, 7) is 1.79. The SMILES string of the molecule is COc1nc(C)c(CC(=O)Nc2c[nH]c3ccccc23)c(OC)n1. The van der Waals surface area contributed by atoms with Crippen LogP contribution in [-0.4, -0.2) is 35.1 Å². The van der Waals surface area contributed by atoms with E-state index in [1.165, 1.54) is 14.2 Å². The minimum absolute atomic E-state index is 0.110. The van der Waals surface area contributed by atoms with E-state index in [9.17, 15) is 4.79 Å². The highest BCUT2D eigenvalue weighted by Crippen LogP contribution is 2.25. The Hall–Kier alpha value is -3.09. The van der Waals surface area contributed by atoms with Gasteiger partial charge in [0.05, 0.1) is 32.0 Å². The van der Waals surface area contributed by atoms with Crippen LogP contribution in [0.15, 0.2) is 30.5 Å². The van der Waals surface area contributed by atoms with E-state index in [1.807, 2.05) is 24.3 Å². The molecule has 0 bridgehead atoms. The average molecular weight is 326 g/mol. The summed E-state index contributed by atoms with van der Waals surface area (Å²) in [7, 11) is 2.99.